The summed E-state index contributed by atoms with van der Waals surface area (Å²) < 4.78 is 25.6. The largest absolute Gasteiger partial charge is 0.327 e. The Morgan fingerprint density at radius 2 is 1.86 bits per heavy atom. The summed E-state index contributed by atoms with van der Waals surface area (Å²) >= 11 is 0. The van der Waals surface area contributed by atoms with Crippen LogP contribution in [0.4, 0.5) is 0 Å². The van der Waals surface area contributed by atoms with Gasteiger partial charge in [-0.1, -0.05) is 6.42 Å². The van der Waals surface area contributed by atoms with Gasteiger partial charge in [-0.05, 0) is 25.7 Å². The van der Waals surface area contributed by atoms with Crippen LogP contribution in [0.25, 0.3) is 0 Å². The van der Waals surface area contributed by atoms with Gasteiger partial charge in [-0.2, -0.15) is 0 Å². The van der Waals surface area contributed by atoms with E-state index in [0.29, 0.717) is 13.1 Å². The highest BCUT2D eigenvalue weighted by Gasteiger charge is 2.37. The lowest BCUT2D eigenvalue weighted by molar-refractivity contribution is 0.304. The molecule has 0 bridgehead atoms. The van der Waals surface area contributed by atoms with E-state index in [4.69, 9.17) is 5.73 Å². The van der Waals surface area contributed by atoms with Crippen LogP contribution >= 0.6 is 0 Å². The maximum Gasteiger partial charge on any atom is 0.217 e. The topological polar surface area (TPSA) is 63.4 Å². The molecule has 5 heteroatoms. The first-order valence-corrected chi connectivity index (χ1v) is 6.85. The minimum Gasteiger partial charge on any atom is -0.327 e. The fourth-order valence-electron chi connectivity index (χ4n) is 2.08. The monoisotopic (exact) mass is 218 g/mol. The molecule has 1 atom stereocenters. The summed E-state index contributed by atoms with van der Waals surface area (Å²) in [6.45, 7) is 1.20. The van der Waals surface area contributed by atoms with E-state index in [1.54, 1.807) is 4.31 Å². The van der Waals surface area contributed by atoms with Crippen molar-refractivity contribution in [2.75, 3.05) is 13.1 Å². The smallest absolute Gasteiger partial charge is 0.217 e. The zero-order chi connectivity index (χ0) is 10.2. The van der Waals surface area contributed by atoms with Crippen molar-refractivity contribution in [2.24, 2.45) is 5.73 Å². The minimum atomic E-state index is -3.00. The van der Waals surface area contributed by atoms with E-state index >= 15 is 0 Å². The summed E-state index contributed by atoms with van der Waals surface area (Å²) in [6.07, 6.45) is 4.61. The Morgan fingerprint density at radius 1 is 1.14 bits per heavy atom. The van der Waals surface area contributed by atoms with Gasteiger partial charge in [0.2, 0.25) is 10.0 Å². The predicted molar refractivity (Wildman–Crippen MR) is 55.3 cm³/mol. The van der Waals surface area contributed by atoms with Crippen molar-refractivity contribution in [3.8, 4) is 0 Å². The van der Waals surface area contributed by atoms with Crippen molar-refractivity contribution in [3.63, 3.8) is 0 Å². The fourth-order valence-corrected chi connectivity index (χ4v) is 4.22. The van der Waals surface area contributed by atoms with Crippen LogP contribution in [0.2, 0.25) is 0 Å². The van der Waals surface area contributed by atoms with Gasteiger partial charge in [0.05, 0.1) is 5.25 Å². The van der Waals surface area contributed by atoms with Gasteiger partial charge in [0.25, 0.3) is 0 Å². The van der Waals surface area contributed by atoms with Gasteiger partial charge >= 0.3 is 0 Å². The van der Waals surface area contributed by atoms with Crippen molar-refractivity contribution in [1.82, 2.24) is 4.31 Å². The molecule has 0 aromatic heterocycles. The third-order valence-corrected chi connectivity index (χ3v) is 5.62. The van der Waals surface area contributed by atoms with Gasteiger partial charge in [0, 0.05) is 19.1 Å². The molecule has 1 aliphatic carbocycles. The SMILES string of the molecule is NC1CCCN(S(=O)(=O)C2CCC2)C1. The maximum atomic E-state index is 12.0. The molecule has 0 aromatic rings. The Balaban J connectivity index is 2.05. The van der Waals surface area contributed by atoms with E-state index in [2.05, 4.69) is 0 Å². The molecular formula is C9H18N2O2S. The molecular weight excluding hydrogens is 200 g/mol. The molecule has 2 N–H and O–H groups in total. The number of hydrogen-bond acceptors (Lipinski definition) is 3. The van der Waals surface area contributed by atoms with Crippen molar-refractivity contribution < 1.29 is 8.42 Å². The number of piperidine rings is 1. The standard InChI is InChI=1S/C9H18N2O2S/c10-8-3-2-6-11(7-8)14(12,13)9-4-1-5-9/h8-9H,1-7,10H2. The first-order chi connectivity index (χ1) is 6.60. The summed E-state index contributed by atoms with van der Waals surface area (Å²) in [5, 5.41) is -0.104. The van der Waals surface area contributed by atoms with Crippen LogP contribution in [0.1, 0.15) is 32.1 Å². The molecule has 2 fully saturated rings. The average Bonchev–Trinajstić information content (AvgIpc) is 2.00. The Labute approximate surface area is 85.5 Å². The highest BCUT2D eigenvalue weighted by Crippen LogP contribution is 2.29. The van der Waals surface area contributed by atoms with Gasteiger partial charge in [-0.3, -0.25) is 0 Å². The van der Waals surface area contributed by atoms with Crippen molar-refractivity contribution in [2.45, 2.75) is 43.4 Å². The van der Waals surface area contributed by atoms with Gasteiger partial charge in [0.1, 0.15) is 0 Å². The average molecular weight is 218 g/mol. The second-order valence-electron chi connectivity index (χ2n) is 4.36. The summed E-state index contributed by atoms with van der Waals surface area (Å²) in [5.74, 6) is 0. The van der Waals surface area contributed by atoms with Crippen LogP contribution in [0.15, 0.2) is 0 Å². The Hall–Kier alpha value is -0.130. The Kier molecular flexibility index (Phi) is 2.81. The molecule has 1 heterocycles. The lowest BCUT2D eigenvalue weighted by Crippen LogP contribution is -2.50. The number of sulfonamides is 1. The lowest BCUT2D eigenvalue weighted by Gasteiger charge is -2.35. The van der Waals surface area contributed by atoms with Gasteiger partial charge in [-0.25, -0.2) is 12.7 Å². The van der Waals surface area contributed by atoms with E-state index in [0.717, 1.165) is 32.1 Å². The summed E-state index contributed by atoms with van der Waals surface area (Å²) in [5.41, 5.74) is 5.78. The van der Waals surface area contributed by atoms with Crippen molar-refractivity contribution in [3.05, 3.63) is 0 Å². The molecule has 82 valence electrons. The Bertz CT molecular complexity index is 298. The molecule has 1 saturated heterocycles. The number of hydrogen-bond donors (Lipinski definition) is 1. The molecule has 0 radical (unpaired) electrons. The minimum absolute atomic E-state index is 0.0404. The molecule has 1 aliphatic heterocycles. The molecule has 1 unspecified atom stereocenters. The van der Waals surface area contributed by atoms with Crippen LogP contribution in [-0.2, 0) is 10.0 Å². The van der Waals surface area contributed by atoms with Gasteiger partial charge < -0.3 is 5.73 Å². The molecule has 14 heavy (non-hydrogen) atoms. The molecule has 2 aliphatic rings. The highest BCUT2D eigenvalue weighted by atomic mass is 32.2. The van der Waals surface area contributed by atoms with Crippen molar-refractivity contribution in [1.29, 1.82) is 0 Å². The summed E-state index contributed by atoms with van der Waals surface area (Å²) in [4.78, 5) is 0. The molecule has 0 spiro atoms. The molecule has 0 aromatic carbocycles. The zero-order valence-electron chi connectivity index (χ0n) is 8.35. The fraction of sp³-hybridized carbons (Fsp3) is 1.00. The first-order valence-electron chi connectivity index (χ1n) is 5.35. The Morgan fingerprint density at radius 3 is 2.36 bits per heavy atom. The zero-order valence-corrected chi connectivity index (χ0v) is 9.17. The third-order valence-electron chi connectivity index (χ3n) is 3.25. The summed E-state index contributed by atoms with van der Waals surface area (Å²) in [7, 11) is -3.00. The second-order valence-corrected chi connectivity index (χ2v) is 6.57. The molecule has 0 amide bonds. The summed E-state index contributed by atoms with van der Waals surface area (Å²) in [6, 6.07) is 0.0404. The van der Waals surface area contributed by atoms with E-state index in [9.17, 15) is 8.42 Å². The van der Waals surface area contributed by atoms with E-state index in [1.807, 2.05) is 0 Å². The molecule has 1 saturated carbocycles. The van der Waals surface area contributed by atoms with Crippen LogP contribution in [-0.4, -0.2) is 37.1 Å². The second kappa shape index (κ2) is 3.79. The van der Waals surface area contributed by atoms with Crippen LogP contribution in [0.3, 0.4) is 0 Å². The first kappa shape index (κ1) is 10.4. The van der Waals surface area contributed by atoms with Crippen molar-refractivity contribution >= 4 is 10.0 Å². The lowest BCUT2D eigenvalue weighted by atomic mass is 10.0. The van der Waals surface area contributed by atoms with Crippen LogP contribution in [0, 0.1) is 0 Å². The predicted octanol–water partition coefficient (Wildman–Crippen LogP) is 0.292. The quantitative estimate of drug-likeness (QED) is 0.724. The maximum absolute atomic E-state index is 12.0. The van der Waals surface area contributed by atoms with Crippen LogP contribution in [0.5, 0.6) is 0 Å². The number of nitrogens with zero attached hydrogens (tertiary/aromatic N) is 1. The van der Waals surface area contributed by atoms with Gasteiger partial charge in [-0.15, -0.1) is 0 Å². The highest BCUT2D eigenvalue weighted by molar-refractivity contribution is 7.89. The van der Waals surface area contributed by atoms with Gasteiger partial charge in [0.15, 0.2) is 0 Å². The number of nitrogens with two attached hydrogens (primary N) is 1. The number of rotatable bonds is 2. The van der Waals surface area contributed by atoms with E-state index in [1.165, 1.54) is 0 Å². The third kappa shape index (κ3) is 1.81. The van der Waals surface area contributed by atoms with E-state index < -0.39 is 10.0 Å². The normalized spacial score (nSPS) is 31.4. The van der Waals surface area contributed by atoms with E-state index in [-0.39, 0.29) is 11.3 Å². The molecule has 4 nitrogen and oxygen atoms in total. The van der Waals surface area contributed by atoms with Crippen LogP contribution < -0.4 is 5.73 Å². The molecule has 2 rings (SSSR count).